The second-order valence-electron chi connectivity index (χ2n) is 2.81. The molecule has 74 valence electrons. The first kappa shape index (κ1) is 11.8. The quantitative estimate of drug-likeness (QED) is 0.602. The number of ketones is 1. The number of nitrogens with zero attached hydrogens (tertiary/aromatic N) is 1. The van der Waals surface area contributed by atoms with Gasteiger partial charge in [-0.15, -0.1) is 0 Å². The standard InChI is InChI=1S/C9H16N2O2/c1-8(12)4-5-9(13)11(3)7-6-10-2/h4-5,10H,6-7H2,1-3H3/b5-4+. The van der Waals surface area contributed by atoms with Gasteiger partial charge in [-0.2, -0.15) is 0 Å². The molecule has 1 amide bonds. The molecule has 0 atom stereocenters. The van der Waals surface area contributed by atoms with Crippen molar-refractivity contribution in [1.29, 1.82) is 0 Å². The summed E-state index contributed by atoms with van der Waals surface area (Å²) in [5.74, 6) is -0.263. The first-order chi connectivity index (χ1) is 6.07. The summed E-state index contributed by atoms with van der Waals surface area (Å²) in [5, 5.41) is 2.93. The van der Waals surface area contributed by atoms with Crippen LogP contribution in [0.5, 0.6) is 0 Å². The lowest BCUT2D eigenvalue weighted by atomic mass is 10.3. The fraction of sp³-hybridized carbons (Fsp3) is 0.556. The minimum absolute atomic E-state index is 0.115. The van der Waals surface area contributed by atoms with Crippen LogP contribution >= 0.6 is 0 Å². The number of hydrogen-bond acceptors (Lipinski definition) is 3. The van der Waals surface area contributed by atoms with Crippen LogP contribution in [0.15, 0.2) is 12.2 Å². The summed E-state index contributed by atoms with van der Waals surface area (Å²) < 4.78 is 0. The molecule has 0 spiro atoms. The number of hydrogen-bond donors (Lipinski definition) is 1. The molecule has 0 rings (SSSR count). The molecular formula is C9H16N2O2. The molecule has 0 aliphatic carbocycles. The zero-order valence-electron chi connectivity index (χ0n) is 8.33. The Kier molecular flexibility index (Phi) is 5.80. The lowest BCUT2D eigenvalue weighted by Gasteiger charge is -2.13. The van der Waals surface area contributed by atoms with Crippen LogP contribution in [0.25, 0.3) is 0 Å². The second kappa shape index (κ2) is 6.37. The lowest BCUT2D eigenvalue weighted by molar-refractivity contribution is -0.125. The predicted octanol–water partition coefficient (Wildman–Crippen LogP) is -0.191. The van der Waals surface area contributed by atoms with Gasteiger partial charge in [-0.25, -0.2) is 0 Å². The molecule has 0 radical (unpaired) electrons. The Morgan fingerprint density at radius 1 is 1.38 bits per heavy atom. The smallest absolute Gasteiger partial charge is 0.246 e. The van der Waals surface area contributed by atoms with Crippen LogP contribution in [0.3, 0.4) is 0 Å². The molecule has 0 unspecified atom stereocenters. The molecule has 1 N–H and O–H groups in total. The van der Waals surface area contributed by atoms with Crippen molar-refractivity contribution in [2.75, 3.05) is 27.2 Å². The lowest BCUT2D eigenvalue weighted by Crippen LogP contribution is -2.31. The van der Waals surface area contributed by atoms with Gasteiger partial charge in [-0.05, 0) is 20.0 Å². The summed E-state index contributed by atoms with van der Waals surface area (Å²) in [6.45, 7) is 2.80. The molecule has 0 fully saturated rings. The van der Waals surface area contributed by atoms with Crippen molar-refractivity contribution in [2.24, 2.45) is 0 Å². The summed E-state index contributed by atoms with van der Waals surface area (Å²) in [5.41, 5.74) is 0. The van der Waals surface area contributed by atoms with Gasteiger partial charge in [-0.1, -0.05) is 0 Å². The van der Waals surface area contributed by atoms with Gasteiger partial charge in [0, 0.05) is 26.2 Å². The summed E-state index contributed by atoms with van der Waals surface area (Å²) in [7, 11) is 3.52. The highest BCUT2D eigenvalue weighted by Gasteiger charge is 2.02. The third kappa shape index (κ3) is 6.04. The Labute approximate surface area is 78.6 Å². The van der Waals surface area contributed by atoms with Crippen molar-refractivity contribution in [2.45, 2.75) is 6.92 Å². The molecule has 0 aromatic rings. The molecule has 0 aliphatic heterocycles. The summed E-state index contributed by atoms with van der Waals surface area (Å²) in [4.78, 5) is 23.3. The molecule has 0 aromatic heterocycles. The van der Waals surface area contributed by atoms with E-state index in [-0.39, 0.29) is 11.7 Å². The third-order valence-corrected chi connectivity index (χ3v) is 1.53. The van der Waals surface area contributed by atoms with Gasteiger partial charge in [0.25, 0.3) is 0 Å². The number of allylic oxidation sites excluding steroid dienone is 1. The van der Waals surface area contributed by atoms with Crippen molar-refractivity contribution in [3.05, 3.63) is 12.2 Å². The Hall–Kier alpha value is -1.16. The number of amides is 1. The van der Waals surface area contributed by atoms with Crippen LogP contribution in [-0.4, -0.2) is 43.8 Å². The van der Waals surface area contributed by atoms with Gasteiger partial charge in [-0.3, -0.25) is 9.59 Å². The van der Waals surface area contributed by atoms with E-state index in [1.54, 1.807) is 11.9 Å². The fourth-order valence-corrected chi connectivity index (χ4v) is 0.706. The average molecular weight is 184 g/mol. The van der Waals surface area contributed by atoms with E-state index in [4.69, 9.17) is 0 Å². The highest BCUT2D eigenvalue weighted by molar-refractivity contribution is 5.96. The average Bonchev–Trinajstić information content (AvgIpc) is 2.10. The Bertz CT molecular complexity index is 212. The SMILES string of the molecule is CNCCN(C)C(=O)/C=C/C(C)=O. The van der Waals surface area contributed by atoms with Crippen LogP contribution in [0.4, 0.5) is 0 Å². The van der Waals surface area contributed by atoms with E-state index < -0.39 is 0 Å². The van der Waals surface area contributed by atoms with Gasteiger partial charge in [0.15, 0.2) is 5.78 Å². The van der Waals surface area contributed by atoms with Crippen molar-refractivity contribution >= 4 is 11.7 Å². The highest BCUT2D eigenvalue weighted by Crippen LogP contribution is 1.86. The second-order valence-corrected chi connectivity index (χ2v) is 2.81. The number of nitrogens with one attached hydrogen (secondary N) is 1. The van der Waals surface area contributed by atoms with E-state index in [0.717, 1.165) is 6.54 Å². The molecule has 0 saturated heterocycles. The molecule has 0 bridgehead atoms. The number of likely N-dealkylation sites (N-methyl/N-ethyl adjacent to an activating group) is 2. The number of carbonyl (C=O) groups excluding carboxylic acids is 2. The first-order valence-electron chi connectivity index (χ1n) is 4.16. The third-order valence-electron chi connectivity index (χ3n) is 1.53. The number of rotatable bonds is 5. The first-order valence-corrected chi connectivity index (χ1v) is 4.16. The van der Waals surface area contributed by atoms with Gasteiger partial charge < -0.3 is 10.2 Å². The van der Waals surface area contributed by atoms with Gasteiger partial charge in [0.05, 0.1) is 0 Å². The minimum Gasteiger partial charge on any atom is -0.341 e. The topological polar surface area (TPSA) is 49.4 Å². The minimum atomic E-state index is -0.148. The maximum Gasteiger partial charge on any atom is 0.246 e. The molecule has 0 saturated carbocycles. The van der Waals surface area contributed by atoms with E-state index in [0.29, 0.717) is 6.54 Å². The molecule has 4 heteroatoms. The van der Waals surface area contributed by atoms with Crippen molar-refractivity contribution < 1.29 is 9.59 Å². The van der Waals surface area contributed by atoms with E-state index in [1.165, 1.54) is 19.1 Å². The highest BCUT2D eigenvalue weighted by atomic mass is 16.2. The van der Waals surface area contributed by atoms with E-state index in [9.17, 15) is 9.59 Å². The zero-order valence-corrected chi connectivity index (χ0v) is 8.33. The summed E-state index contributed by atoms with van der Waals surface area (Å²) in [6.07, 6.45) is 2.57. The predicted molar refractivity (Wildman–Crippen MR) is 51.4 cm³/mol. The van der Waals surface area contributed by atoms with Crippen molar-refractivity contribution in [1.82, 2.24) is 10.2 Å². The van der Waals surface area contributed by atoms with Crippen LogP contribution in [0.1, 0.15) is 6.92 Å². The fourth-order valence-electron chi connectivity index (χ4n) is 0.706. The zero-order chi connectivity index (χ0) is 10.3. The molecule has 4 nitrogen and oxygen atoms in total. The van der Waals surface area contributed by atoms with E-state index >= 15 is 0 Å². The maximum absolute atomic E-state index is 11.2. The summed E-state index contributed by atoms with van der Waals surface area (Å²) >= 11 is 0. The Morgan fingerprint density at radius 2 is 2.00 bits per heavy atom. The van der Waals surface area contributed by atoms with Gasteiger partial charge in [0.1, 0.15) is 0 Å². The van der Waals surface area contributed by atoms with Crippen LogP contribution < -0.4 is 5.32 Å². The maximum atomic E-state index is 11.2. The molecule has 0 aromatic carbocycles. The molecule has 0 aliphatic rings. The van der Waals surface area contributed by atoms with Gasteiger partial charge in [0.2, 0.25) is 5.91 Å². The van der Waals surface area contributed by atoms with Crippen LogP contribution in [0.2, 0.25) is 0 Å². The van der Waals surface area contributed by atoms with Crippen molar-refractivity contribution in [3.63, 3.8) is 0 Å². The largest absolute Gasteiger partial charge is 0.341 e. The molecule has 13 heavy (non-hydrogen) atoms. The van der Waals surface area contributed by atoms with Crippen LogP contribution in [0, 0.1) is 0 Å². The number of carbonyl (C=O) groups is 2. The summed E-state index contributed by atoms with van der Waals surface area (Å²) in [6, 6.07) is 0. The van der Waals surface area contributed by atoms with Crippen molar-refractivity contribution in [3.8, 4) is 0 Å². The van der Waals surface area contributed by atoms with E-state index in [2.05, 4.69) is 5.32 Å². The Balaban J connectivity index is 3.89. The van der Waals surface area contributed by atoms with Gasteiger partial charge >= 0.3 is 0 Å². The molecular weight excluding hydrogens is 168 g/mol. The van der Waals surface area contributed by atoms with Crippen LogP contribution in [-0.2, 0) is 9.59 Å². The Morgan fingerprint density at radius 3 is 2.46 bits per heavy atom. The molecule has 0 heterocycles. The van der Waals surface area contributed by atoms with E-state index in [1.807, 2.05) is 7.05 Å². The monoisotopic (exact) mass is 184 g/mol. The normalized spacial score (nSPS) is 10.4.